The van der Waals surface area contributed by atoms with Crippen LogP contribution in [0.3, 0.4) is 0 Å². The minimum absolute atomic E-state index is 0.0614. The van der Waals surface area contributed by atoms with Crippen LogP contribution in [0, 0.1) is 5.92 Å². The number of thiophene rings is 1. The highest BCUT2D eigenvalue weighted by atomic mass is 32.1. The first-order valence-corrected chi connectivity index (χ1v) is 9.50. The molecule has 3 rings (SSSR count). The molecule has 2 unspecified atom stereocenters. The predicted octanol–water partition coefficient (Wildman–Crippen LogP) is 2.95. The Kier molecular flexibility index (Phi) is 5.54. The van der Waals surface area contributed by atoms with E-state index in [0.29, 0.717) is 18.9 Å². The van der Waals surface area contributed by atoms with E-state index in [9.17, 15) is 9.59 Å². The maximum absolute atomic E-state index is 12.4. The van der Waals surface area contributed by atoms with E-state index in [-0.39, 0.29) is 18.0 Å². The molecule has 126 valence electrons. The van der Waals surface area contributed by atoms with Gasteiger partial charge in [-0.1, -0.05) is 18.9 Å². The van der Waals surface area contributed by atoms with Gasteiger partial charge in [-0.15, -0.1) is 11.3 Å². The molecule has 6 heteroatoms. The molecule has 0 aromatic carbocycles. The lowest BCUT2D eigenvalue weighted by molar-refractivity contribution is -0.122. The van der Waals surface area contributed by atoms with Crippen molar-refractivity contribution in [2.45, 2.75) is 57.0 Å². The minimum Gasteiger partial charge on any atom is -0.354 e. The highest BCUT2D eigenvalue weighted by Gasteiger charge is 2.30. The fraction of sp³-hybridized carbons (Fsp3) is 0.647. The monoisotopic (exact) mass is 335 g/mol. The molecule has 23 heavy (non-hydrogen) atoms. The Morgan fingerprint density at radius 3 is 2.74 bits per heavy atom. The van der Waals surface area contributed by atoms with E-state index in [4.69, 9.17) is 0 Å². The van der Waals surface area contributed by atoms with Crippen molar-refractivity contribution in [2.75, 3.05) is 6.54 Å². The summed E-state index contributed by atoms with van der Waals surface area (Å²) >= 11 is 1.69. The SMILES string of the molecule is O=C(NC1CCCCNC1=O)NC(c1cccs1)C1CCCC1. The number of carbonyl (C=O) groups is 2. The lowest BCUT2D eigenvalue weighted by atomic mass is 9.97. The number of amides is 3. The van der Waals surface area contributed by atoms with Crippen molar-refractivity contribution >= 4 is 23.3 Å². The van der Waals surface area contributed by atoms with Gasteiger partial charge in [0.15, 0.2) is 0 Å². The first-order chi connectivity index (χ1) is 11.2. The molecule has 1 saturated heterocycles. The maximum Gasteiger partial charge on any atom is 0.315 e. The van der Waals surface area contributed by atoms with Gasteiger partial charge >= 0.3 is 6.03 Å². The Labute approximate surface area is 141 Å². The number of rotatable bonds is 4. The van der Waals surface area contributed by atoms with Crippen LogP contribution in [0.2, 0.25) is 0 Å². The second kappa shape index (κ2) is 7.81. The zero-order chi connectivity index (χ0) is 16.1. The largest absolute Gasteiger partial charge is 0.354 e. The van der Waals surface area contributed by atoms with Gasteiger partial charge in [-0.05, 0) is 49.5 Å². The molecule has 0 bridgehead atoms. The summed E-state index contributed by atoms with van der Waals surface area (Å²) in [5, 5.41) is 10.9. The second-order valence-electron chi connectivity index (χ2n) is 6.49. The number of carbonyl (C=O) groups excluding carboxylic acids is 2. The Hall–Kier alpha value is -1.56. The van der Waals surface area contributed by atoms with E-state index in [0.717, 1.165) is 25.7 Å². The normalized spacial score (nSPS) is 23.8. The van der Waals surface area contributed by atoms with Crippen molar-refractivity contribution in [3.63, 3.8) is 0 Å². The summed E-state index contributed by atoms with van der Waals surface area (Å²) in [5.74, 6) is 0.438. The second-order valence-corrected chi connectivity index (χ2v) is 7.47. The number of hydrogen-bond acceptors (Lipinski definition) is 3. The molecule has 1 aromatic rings. The van der Waals surface area contributed by atoms with E-state index >= 15 is 0 Å². The highest BCUT2D eigenvalue weighted by Crippen LogP contribution is 2.37. The molecular formula is C17H25N3O2S. The standard InChI is InChI=1S/C17H25N3O2S/c21-16-13(8-3-4-10-18-16)19-17(22)20-15(12-6-1-2-7-12)14-9-5-11-23-14/h5,9,11-13,15H,1-4,6-8,10H2,(H,18,21)(H2,19,20,22). The van der Waals surface area contributed by atoms with Gasteiger partial charge in [-0.2, -0.15) is 0 Å². The fourth-order valence-corrected chi connectivity index (χ4v) is 4.47. The maximum atomic E-state index is 12.4. The average Bonchev–Trinajstić information content (AvgIpc) is 3.21. The Morgan fingerprint density at radius 2 is 2.00 bits per heavy atom. The van der Waals surface area contributed by atoms with Crippen LogP contribution < -0.4 is 16.0 Å². The molecule has 2 aliphatic rings. The smallest absolute Gasteiger partial charge is 0.315 e. The number of hydrogen-bond donors (Lipinski definition) is 3. The van der Waals surface area contributed by atoms with Crippen molar-refractivity contribution < 1.29 is 9.59 Å². The molecule has 0 spiro atoms. The molecule has 1 aliphatic carbocycles. The van der Waals surface area contributed by atoms with Crippen molar-refractivity contribution in [1.29, 1.82) is 0 Å². The van der Waals surface area contributed by atoms with Crippen LogP contribution in [0.1, 0.15) is 55.9 Å². The molecule has 1 aromatic heterocycles. The van der Waals surface area contributed by atoms with Gasteiger partial charge in [0.25, 0.3) is 0 Å². The van der Waals surface area contributed by atoms with Crippen molar-refractivity contribution in [1.82, 2.24) is 16.0 Å². The topological polar surface area (TPSA) is 70.2 Å². The number of urea groups is 1. The van der Waals surface area contributed by atoms with Gasteiger partial charge < -0.3 is 16.0 Å². The molecule has 2 heterocycles. The Morgan fingerprint density at radius 1 is 1.22 bits per heavy atom. The quantitative estimate of drug-likeness (QED) is 0.792. The molecule has 1 aliphatic heterocycles. The van der Waals surface area contributed by atoms with Crippen molar-refractivity contribution in [3.8, 4) is 0 Å². The van der Waals surface area contributed by atoms with E-state index in [1.54, 1.807) is 11.3 Å². The zero-order valence-electron chi connectivity index (χ0n) is 13.3. The van der Waals surface area contributed by atoms with E-state index in [1.807, 2.05) is 6.07 Å². The lowest BCUT2D eigenvalue weighted by Gasteiger charge is -2.25. The predicted molar refractivity (Wildman–Crippen MR) is 91.3 cm³/mol. The first kappa shape index (κ1) is 16.3. The fourth-order valence-electron chi connectivity index (χ4n) is 3.60. The summed E-state index contributed by atoms with van der Waals surface area (Å²) in [6, 6.07) is 3.54. The van der Waals surface area contributed by atoms with Crippen molar-refractivity contribution in [2.24, 2.45) is 5.92 Å². The summed E-state index contributed by atoms with van der Waals surface area (Å²) in [5.41, 5.74) is 0. The molecular weight excluding hydrogens is 310 g/mol. The molecule has 2 fully saturated rings. The molecule has 3 N–H and O–H groups in total. The van der Waals surface area contributed by atoms with Crippen LogP contribution >= 0.6 is 11.3 Å². The van der Waals surface area contributed by atoms with E-state index in [1.165, 1.54) is 17.7 Å². The van der Waals surface area contributed by atoms with Gasteiger partial charge in [0.2, 0.25) is 5.91 Å². The van der Waals surface area contributed by atoms with Gasteiger partial charge in [0.05, 0.1) is 6.04 Å². The summed E-state index contributed by atoms with van der Waals surface area (Å²) in [4.78, 5) is 25.6. The average molecular weight is 335 g/mol. The zero-order valence-corrected chi connectivity index (χ0v) is 14.2. The lowest BCUT2D eigenvalue weighted by Crippen LogP contribution is -2.50. The van der Waals surface area contributed by atoms with Gasteiger partial charge in [0, 0.05) is 11.4 Å². The Balaban J connectivity index is 1.62. The van der Waals surface area contributed by atoms with E-state index < -0.39 is 6.04 Å². The molecule has 2 atom stereocenters. The van der Waals surface area contributed by atoms with Gasteiger partial charge in [-0.25, -0.2) is 4.79 Å². The van der Waals surface area contributed by atoms with Gasteiger partial charge in [-0.3, -0.25) is 4.79 Å². The summed E-state index contributed by atoms with van der Waals surface area (Å²) in [7, 11) is 0. The third-order valence-corrected chi connectivity index (χ3v) is 5.80. The summed E-state index contributed by atoms with van der Waals surface area (Å²) in [6.07, 6.45) is 7.44. The molecule has 1 saturated carbocycles. The van der Waals surface area contributed by atoms with Crippen molar-refractivity contribution in [3.05, 3.63) is 22.4 Å². The third kappa shape index (κ3) is 4.25. The number of nitrogens with one attached hydrogen (secondary N) is 3. The molecule has 5 nitrogen and oxygen atoms in total. The Bertz CT molecular complexity index is 526. The third-order valence-electron chi connectivity index (χ3n) is 4.85. The van der Waals surface area contributed by atoms with Gasteiger partial charge in [0.1, 0.15) is 6.04 Å². The van der Waals surface area contributed by atoms with Crippen LogP contribution in [0.4, 0.5) is 4.79 Å². The van der Waals surface area contributed by atoms with Crippen LogP contribution in [0.25, 0.3) is 0 Å². The highest BCUT2D eigenvalue weighted by molar-refractivity contribution is 7.10. The first-order valence-electron chi connectivity index (χ1n) is 8.62. The van der Waals surface area contributed by atoms with E-state index in [2.05, 4.69) is 27.4 Å². The molecule has 3 amide bonds. The van der Waals surface area contributed by atoms with Crippen LogP contribution in [0.15, 0.2) is 17.5 Å². The summed E-state index contributed by atoms with van der Waals surface area (Å²) < 4.78 is 0. The van der Waals surface area contributed by atoms with Crippen LogP contribution in [-0.4, -0.2) is 24.5 Å². The molecule has 0 radical (unpaired) electrons. The minimum atomic E-state index is -0.412. The van der Waals surface area contributed by atoms with Crippen LogP contribution in [0.5, 0.6) is 0 Å². The van der Waals surface area contributed by atoms with Crippen LogP contribution in [-0.2, 0) is 4.79 Å². The summed E-state index contributed by atoms with van der Waals surface area (Å²) in [6.45, 7) is 0.707.